The van der Waals surface area contributed by atoms with Crippen LogP contribution >= 0.6 is 35.2 Å². The van der Waals surface area contributed by atoms with Crippen molar-refractivity contribution in [3.8, 4) is 0 Å². The van der Waals surface area contributed by atoms with Crippen LogP contribution in [0.2, 0.25) is 5.15 Å². The number of piperazine rings is 1. The zero-order valence-corrected chi connectivity index (χ0v) is 17.5. The van der Waals surface area contributed by atoms with E-state index in [0.29, 0.717) is 36.2 Å². The van der Waals surface area contributed by atoms with Gasteiger partial charge in [-0.25, -0.2) is 4.98 Å². The summed E-state index contributed by atoms with van der Waals surface area (Å²) in [5, 5.41) is 3.44. The third-order valence-electron chi connectivity index (χ3n) is 4.37. The maximum Gasteiger partial charge on any atom is 0.265 e. The molecule has 2 aliphatic heterocycles. The molecule has 1 aromatic rings. The lowest BCUT2D eigenvalue weighted by atomic mass is 10.1. The Bertz CT molecular complexity index is 889. The normalized spacial score (nSPS) is 19.3. The van der Waals surface area contributed by atoms with E-state index in [1.54, 1.807) is 11.8 Å². The molecule has 2 aliphatic rings. The van der Waals surface area contributed by atoms with Gasteiger partial charge in [-0.3, -0.25) is 24.6 Å². The molecule has 1 aromatic heterocycles. The molecule has 3 amide bonds. The standard InChI is InChI=1S/C17H18ClN5O3S2/c1-3-4-23-15(26)11(14(25)20-16(23)27)9-12-13(18)19-17(28-12)22-7-5-21(6-8-22)10(2)24/h3,9H,1,4-8H2,2H3,(H,20,25,27)/b11-9+. The highest BCUT2D eigenvalue weighted by Crippen LogP contribution is 2.32. The van der Waals surface area contributed by atoms with E-state index in [0.717, 1.165) is 0 Å². The molecule has 0 aliphatic carbocycles. The van der Waals surface area contributed by atoms with E-state index in [-0.39, 0.29) is 28.3 Å². The van der Waals surface area contributed by atoms with Crippen molar-refractivity contribution < 1.29 is 14.4 Å². The molecule has 2 saturated heterocycles. The molecule has 148 valence electrons. The summed E-state index contributed by atoms with van der Waals surface area (Å²) in [5.41, 5.74) is -0.0612. The monoisotopic (exact) mass is 439 g/mol. The average molecular weight is 440 g/mol. The fourth-order valence-electron chi connectivity index (χ4n) is 2.86. The van der Waals surface area contributed by atoms with Gasteiger partial charge in [0.2, 0.25) is 5.91 Å². The summed E-state index contributed by atoms with van der Waals surface area (Å²) in [6.45, 7) is 7.83. The Morgan fingerprint density at radius 3 is 2.64 bits per heavy atom. The highest BCUT2D eigenvalue weighted by molar-refractivity contribution is 7.80. The molecule has 1 N–H and O–H groups in total. The molecule has 0 spiro atoms. The zero-order valence-electron chi connectivity index (χ0n) is 15.1. The summed E-state index contributed by atoms with van der Waals surface area (Å²) >= 11 is 12.6. The SMILES string of the molecule is C=CCN1C(=O)/C(=C/c2sc(N3CCN(C(C)=O)CC3)nc2Cl)C(=O)NC1=S. The molecule has 8 nitrogen and oxygen atoms in total. The van der Waals surface area contributed by atoms with Gasteiger partial charge >= 0.3 is 0 Å². The number of carbonyl (C=O) groups excluding carboxylic acids is 3. The van der Waals surface area contributed by atoms with E-state index >= 15 is 0 Å². The molecule has 0 saturated carbocycles. The van der Waals surface area contributed by atoms with Crippen LogP contribution in [0, 0.1) is 0 Å². The molecule has 3 heterocycles. The van der Waals surface area contributed by atoms with Gasteiger partial charge in [0.05, 0.1) is 4.88 Å². The Kier molecular flexibility index (Phi) is 6.11. The molecule has 0 aromatic carbocycles. The first-order valence-electron chi connectivity index (χ1n) is 8.48. The Balaban J connectivity index is 1.82. The predicted molar refractivity (Wildman–Crippen MR) is 112 cm³/mol. The molecule has 11 heteroatoms. The van der Waals surface area contributed by atoms with Crippen LogP contribution in [0.1, 0.15) is 11.8 Å². The number of hydrogen-bond donors (Lipinski definition) is 1. The van der Waals surface area contributed by atoms with Crippen LogP contribution in [0.3, 0.4) is 0 Å². The number of aromatic nitrogens is 1. The van der Waals surface area contributed by atoms with Crippen LogP contribution in [-0.2, 0) is 14.4 Å². The van der Waals surface area contributed by atoms with Gasteiger partial charge in [0, 0.05) is 39.6 Å². The highest BCUT2D eigenvalue weighted by atomic mass is 35.5. The van der Waals surface area contributed by atoms with E-state index in [4.69, 9.17) is 23.8 Å². The second-order valence-corrected chi connectivity index (χ2v) is 7.92. The van der Waals surface area contributed by atoms with Gasteiger partial charge in [-0.15, -0.1) is 6.58 Å². The maximum atomic E-state index is 12.6. The lowest BCUT2D eigenvalue weighted by Crippen LogP contribution is -2.53. The predicted octanol–water partition coefficient (Wildman–Crippen LogP) is 1.28. The molecule has 3 rings (SSSR count). The van der Waals surface area contributed by atoms with Gasteiger partial charge in [0.25, 0.3) is 11.8 Å². The minimum atomic E-state index is -0.573. The number of amides is 3. The van der Waals surface area contributed by atoms with Crippen molar-refractivity contribution in [1.29, 1.82) is 0 Å². The summed E-state index contributed by atoms with van der Waals surface area (Å²) in [7, 11) is 0. The molecule has 0 radical (unpaired) electrons. The fourth-order valence-corrected chi connectivity index (χ4v) is 4.36. The van der Waals surface area contributed by atoms with Crippen LogP contribution in [0.25, 0.3) is 6.08 Å². The number of carbonyl (C=O) groups is 3. The van der Waals surface area contributed by atoms with Crippen molar-refractivity contribution in [1.82, 2.24) is 20.1 Å². The van der Waals surface area contributed by atoms with Crippen LogP contribution in [0.5, 0.6) is 0 Å². The van der Waals surface area contributed by atoms with E-state index in [1.165, 1.54) is 28.4 Å². The average Bonchev–Trinajstić information content (AvgIpc) is 3.02. The van der Waals surface area contributed by atoms with Gasteiger partial charge in [-0.05, 0) is 18.3 Å². The topological polar surface area (TPSA) is 85.9 Å². The third-order valence-corrected chi connectivity index (χ3v) is 6.15. The number of nitrogens with one attached hydrogen (secondary N) is 1. The van der Waals surface area contributed by atoms with E-state index in [1.807, 2.05) is 4.90 Å². The van der Waals surface area contributed by atoms with Crippen molar-refractivity contribution in [2.24, 2.45) is 0 Å². The molecule has 0 atom stereocenters. The van der Waals surface area contributed by atoms with E-state index in [9.17, 15) is 14.4 Å². The Morgan fingerprint density at radius 2 is 2.04 bits per heavy atom. The number of anilines is 1. The van der Waals surface area contributed by atoms with Gasteiger partial charge in [0.15, 0.2) is 10.2 Å². The summed E-state index contributed by atoms with van der Waals surface area (Å²) in [6, 6.07) is 0. The first-order chi connectivity index (χ1) is 13.3. The Hall–Kier alpha value is -2.30. The number of nitrogens with zero attached hydrogens (tertiary/aromatic N) is 4. The van der Waals surface area contributed by atoms with Crippen LogP contribution in [-0.4, -0.2) is 70.3 Å². The molecule has 0 bridgehead atoms. The Morgan fingerprint density at radius 1 is 1.36 bits per heavy atom. The summed E-state index contributed by atoms with van der Waals surface area (Å²) in [4.78, 5) is 46.2. The van der Waals surface area contributed by atoms with E-state index < -0.39 is 11.8 Å². The first kappa shape index (κ1) is 20.4. The van der Waals surface area contributed by atoms with Crippen molar-refractivity contribution in [3.63, 3.8) is 0 Å². The maximum absolute atomic E-state index is 12.6. The lowest BCUT2D eigenvalue weighted by Gasteiger charge is -2.33. The van der Waals surface area contributed by atoms with Crippen molar-refractivity contribution in [3.05, 3.63) is 28.3 Å². The molecular weight excluding hydrogens is 422 g/mol. The number of thiazole rings is 1. The van der Waals surface area contributed by atoms with Gasteiger partial charge in [0.1, 0.15) is 10.7 Å². The molecule has 0 unspecified atom stereocenters. The minimum absolute atomic E-state index is 0.0473. The van der Waals surface area contributed by atoms with Crippen LogP contribution in [0.15, 0.2) is 18.2 Å². The van der Waals surface area contributed by atoms with Crippen molar-refractivity contribution in [2.45, 2.75) is 6.92 Å². The number of halogens is 1. The quantitative estimate of drug-likeness (QED) is 0.329. The number of hydrogen-bond acceptors (Lipinski definition) is 7. The zero-order chi connectivity index (χ0) is 20.4. The molecular formula is C17H18ClN5O3S2. The summed E-state index contributed by atoms with van der Waals surface area (Å²) in [5.74, 6) is -1.03. The minimum Gasteiger partial charge on any atom is -0.344 e. The number of rotatable bonds is 4. The number of thiocarbonyl (C=S) groups is 1. The summed E-state index contributed by atoms with van der Waals surface area (Å²) in [6.07, 6.45) is 2.96. The Labute approximate surface area is 176 Å². The molecule has 2 fully saturated rings. The van der Waals surface area contributed by atoms with Gasteiger partial charge in [-0.1, -0.05) is 29.0 Å². The highest BCUT2D eigenvalue weighted by Gasteiger charge is 2.33. The molecule has 28 heavy (non-hydrogen) atoms. The second-order valence-electron chi connectivity index (χ2n) is 6.17. The van der Waals surface area contributed by atoms with E-state index in [2.05, 4.69) is 16.9 Å². The van der Waals surface area contributed by atoms with Gasteiger partial charge < -0.3 is 9.80 Å². The van der Waals surface area contributed by atoms with Crippen molar-refractivity contribution in [2.75, 3.05) is 37.6 Å². The van der Waals surface area contributed by atoms with Gasteiger partial charge in [-0.2, -0.15) is 0 Å². The second kappa shape index (κ2) is 8.38. The fraction of sp³-hybridized carbons (Fsp3) is 0.353. The van der Waals surface area contributed by atoms with Crippen LogP contribution in [0.4, 0.5) is 5.13 Å². The smallest absolute Gasteiger partial charge is 0.265 e. The van der Waals surface area contributed by atoms with Crippen LogP contribution < -0.4 is 10.2 Å². The van der Waals surface area contributed by atoms with Crippen molar-refractivity contribution >= 4 is 69.2 Å². The lowest BCUT2D eigenvalue weighted by molar-refractivity contribution is -0.130. The summed E-state index contributed by atoms with van der Waals surface area (Å²) < 4.78 is 0. The first-order valence-corrected chi connectivity index (χ1v) is 10.1. The third kappa shape index (κ3) is 4.08. The largest absolute Gasteiger partial charge is 0.344 e.